The fourth-order valence-electron chi connectivity index (χ4n) is 1.62. The van der Waals surface area contributed by atoms with Gasteiger partial charge < -0.3 is 10.5 Å². The minimum absolute atomic E-state index is 0.0662. The van der Waals surface area contributed by atoms with Crippen LogP contribution in [0.15, 0.2) is 42.5 Å². The number of ether oxygens (including phenoxy) is 1. The number of anilines is 1. The van der Waals surface area contributed by atoms with Crippen molar-refractivity contribution in [2.24, 2.45) is 0 Å². The molecule has 0 amide bonds. The van der Waals surface area contributed by atoms with Crippen molar-refractivity contribution in [2.75, 3.05) is 5.73 Å². The topological polar surface area (TPSA) is 35.2 Å². The van der Waals surface area contributed by atoms with Gasteiger partial charge in [0.05, 0.1) is 11.3 Å². The molecule has 0 bridgehead atoms. The maximum Gasteiger partial charge on any atom is 0.416 e. The molecule has 2 aromatic carbocycles. The van der Waals surface area contributed by atoms with Gasteiger partial charge in [-0.1, -0.05) is 18.2 Å². The number of hydrogen-bond donors (Lipinski definition) is 1. The summed E-state index contributed by atoms with van der Waals surface area (Å²) in [5, 5.41) is 0. The summed E-state index contributed by atoms with van der Waals surface area (Å²) in [6.45, 7) is -0.0662. The summed E-state index contributed by atoms with van der Waals surface area (Å²) in [5.74, 6) is -0.718. The second-order valence-electron chi connectivity index (χ2n) is 4.14. The van der Waals surface area contributed by atoms with Crippen LogP contribution < -0.4 is 10.5 Å². The first-order valence-electron chi connectivity index (χ1n) is 5.71. The van der Waals surface area contributed by atoms with E-state index in [-0.39, 0.29) is 18.0 Å². The molecule has 2 aromatic rings. The van der Waals surface area contributed by atoms with Crippen LogP contribution in [0.5, 0.6) is 5.75 Å². The molecule has 2 N–H and O–H groups in total. The lowest BCUT2D eigenvalue weighted by molar-refractivity contribution is -0.137. The van der Waals surface area contributed by atoms with Gasteiger partial charge in [-0.15, -0.1) is 0 Å². The van der Waals surface area contributed by atoms with E-state index in [1.807, 2.05) is 0 Å². The summed E-state index contributed by atoms with van der Waals surface area (Å²) in [5.41, 5.74) is 5.43. The van der Waals surface area contributed by atoms with Crippen LogP contribution in [-0.2, 0) is 12.8 Å². The van der Waals surface area contributed by atoms with Crippen LogP contribution in [0.1, 0.15) is 11.1 Å². The van der Waals surface area contributed by atoms with Gasteiger partial charge in [0.15, 0.2) is 11.6 Å². The molecular formula is C14H11F4NO. The minimum atomic E-state index is -4.38. The Morgan fingerprint density at radius 3 is 2.20 bits per heavy atom. The predicted molar refractivity (Wildman–Crippen MR) is 66.6 cm³/mol. The lowest BCUT2D eigenvalue weighted by Crippen LogP contribution is -2.05. The molecule has 6 heteroatoms. The minimum Gasteiger partial charge on any atom is -0.484 e. The molecule has 0 unspecified atom stereocenters. The molecule has 2 rings (SSSR count). The average Bonchev–Trinajstić information content (AvgIpc) is 2.37. The first-order valence-corrected chi connectivity index (χ1v) is 5.71. The number of nitrogen functional groups attached to an aromatic ring is 1. The third-order valence-electron chi connectivity index (χ3n) is 2.66. The Morgan fingerprint density at radius 1 is 1.00 bits per heavy atom. The van der Waals surface area contributed by atoms with Crippen LogP contribution in [0, 0.1) is 5.82 Å². The van der Waals surface area contributed by atoms with Gasteiger partial charge in [-0.05, 0) is 29.8 Å². The Hall–Kier alpha value is -2.24. The third kappa shape index (κ3) is 3.20. The van der Waals surface area contributed by atoms with Gasteiger partial charge >= 0.3 is 6.18 Å². The molecule has 20 heavy (non-hydrogen) atoms. The number of benzene rings is 2. The number of alkyl halides is 3. The van der Waals surface area contributed by atoms with Crippen molar-refractivity contribution in [2.45, 2.75) is 12.8 Å². The Balaban J connectivity index is 2.08. The number of para-hydroxylation sites is 1. The first-order chi connectivity index (χ1) is 9.38. The number of rotatable bonds is 3. The molecule has 0 saturated carbocycles. The van der Waals surface area contributed by atoms with Crippen molar-refractivity contribution in [3.05, 3.63) is 59.4 Å². The lowest BCUT2D eigenvalue weighted by Gasteiger charge is -2.11. The number of halogens is 4. The van der Waals surface area contributed by atoms with Crippen molar-refractivity contribution >= 4 is 5.69 Å². The number of nitrogens with two attached hydrogens (primary N) is 1. The Bertz CT molecular complexity index is 573. The molecule has 0 aromatic heterocycles. The summed E-state index contributed by atoms with van der Waals surface area (Å²) < 4.78 is 55.8. The molecule has 0 spiro atoms. The van der Waals surface area contributed by atoms with Crippen LogP contribution in [0.25, 0.3) is 0 Å². The highest BCUT2D eigenvalue weighted by atomic mass is 19.4. The van der Waals surface area contributed by atoms with Crippen LogP contribution in [0.2, 0.25) is 0 Å². The Kier molecular flexibility index (Phi) is 3.83. The largest absolute Gasteiger partial charge is 0.484 e. The van der Waals surface area contributed by atoms with Crippen LogP contribution in [-0.4, -0.2) is 0 Å². The van der Waals surface area contributed by atoms with Crippen molar-refractivity contribution in [3.63, 3.8) is 0 Å². The van der Waals surface area contributed by atoms with Crippen LogP contribution in [0.4, 0.5) is 23.2 Å². The molecule has 0 aliphatic heterocycles. The van der Waals surface area contributed by atoms with Gasteiger partial charge in [0, 0.05) is 0 Å². The van der Waals surface area contributed by atoms with Gasteiger partial charge in [0.2, 0.25) is 0 Å². The lowest BCUT2D eigenvalue weighted by atomic mass is 10.1. The van der Waals surface area contributed by atoms with Gasteiger partial charge in [-0.25, -0.2) is 4.39 Å². The summed E-state index contributed by atoms with van der Waals surface area (Å²) >= 11 is 0. The zero-order valence-corrected chi connectivity index (χ0v) is 10.2. The van der Waals surface area contributed by atoms with Gasteiger partial charge in [0.1, 0.15) is 6.61 Å². The van der Waals surface area contributed by atoms with E-state index in [0.717, 1.165) is 12.1 Å². The monoisotopic (exact) mass is 285 g/mol. The fraction of sp³-hybridized carbons (Fsp3) is 0.143. The van der Waals surface area contributed by atoms with E-state index >= 15 is 0 Å². The molecule has 0 aliphatic rings. The fourth-order valence-corrected chi connectivity index (χ4v) is 1.62. The second-order valence-corrected chi connectivity index (χ2v) is 4.14. The second kappa shape index (κ2) is 5.40. The third-order valence-corrected chi connectivity index (χ3v) is 2.66. The zero-order valence-electron chi connectivity index (χ0n) is 10.2. The van der Waals surface area contributed by atoms with E-state index in [4.69, 9.17) is 10.5 Å². The normalized spacial score (nSPS) is 11.4. The highest BCUT2D eigenvalue weighted by Crippen LogP contribution is 2.30. The highest BCUT2D eigenvalue weighted by Gasteiger charge is 2.29. The average molecular weight is 285 g/mol. The zero-order chi connectivity index (χ0) is 14.8. The summed E-state index contributed by atoms with van der Waals surface area (Å²) in [7, 11) is 0. The van der Waals surface area contributed by atoms with E-state index in [1.54, 1.807) is 0 Å². The molecule has 0 saturated heterocycles. The first kappa shape index (κ1) is 14.2. The molecule has 0 atom stereocenters. The molecule has 106 valence electrons. The quantitative estimate of drug-likeness (QED) is 0.683. The molecule has 0 radical (unpaired) electrons. The van der Waals surface area contributed by atoms with E-state index in [1.165, 1.54) is 30.3 Å². The number of hydrogen-bond acceptors (Lipinski definition) is 2. The van der Waals surface area contributed by atoms with Crippen LogP contribution in [0.3, 0.4) is 0 Å². The SMILES string of the molecule is Nc1cccc(F)c1OCc1ccc(C(F)(F)F)cc1. The summed E-state index contributed by atoms with van der Waals surface area (Å²) in [4.78, 5) is 0. The molecule has 0 aliphatic carbocycles. The molecule has 0 fully saturated rings. The van der Waals surface area contributed by atoms with E-state index < -0.39 is 17.6 Å². The van der Waals surface area contributed by atoms with Gasteiger partial charge in [-0.2, -0.15) is 13.2 Å². The van der Waals surface area contributed by atoms with Gasteiger partial charge in [0.25, 0.3) is 0 Å². The Labute approximate surface area is 112 Å². The van der Waals surface area contributed by atoms with Crippen molar-refractivity contribution in [1.29, 1.82) is 0 Å². The summed E-state index contributed by atoms with van der Waals surface area (Å²) in [6, 6.07) is 8.56. The van der Waals surface area contributed by atoms with Crippen LogP contribution >= 0.6 is 0 Å². The smallest absolute Gasteiger partial charge is 0.416 e. The van der Waals surface area contributed by atoms with E-state index in [2.05, 4.69) is 0 Å². The maximum absolute atomic E-state index is 13.4. The maximum atomic E-state index is 13.4. The Morgan fingerprint density at radius 2 is 1.65 bits per heavy atom. The molecular weight excluding hydrogens is 274 g/mol. The van der Waals surface area contributed by atoms with Crippen molar-refractivity contribution in [3.8, 4) is 5.75 Å². The standard InChI is InChI=1S/C14H11F4NO/c15-11-2-1-3-12(19)13(11)20-8-9-4-6-10(7-5-9)14(16,17)18/h1-7H,8,19H2. The summed E-state index contributed by atoms with van der Waals surface area (Å²) in [6.07, 6.45) is -4.38. The molecule has 2 nitrogen and oxygen atoms in total. The van der Waals surface area contributed by atoms with E-state index in [0.29, 0.717) is 5.56 Å². The van der Waals surface area contributed by atoms with Gasteiger partial charge in [-0.3, -0.25) is 0 Å². The van der Waals surface area contributed by atoms with Crippen molar-refractivity contribution < 1.29 is 22.3 Å². The highest BCUT2D eigenvalue weighted by molar-refractivity contribution is 5.52. The molecule has 0 heterocycles. The van der Waals surface area contributed by atoms with E-state index in [9.17, 15) is 17.6 Å². The van der Waals surface area contributed by atoms with Crippen molar-refractivity contribution in [1.82, 2.24) is 0 Å². The predicted octanol–water partition coefficient (Wildman–Crippen LogP) is 4.01.